The van der Waals surface area contributed by atoms with Crippen LogP contribution in [0.4, 0.5) is 0 Å². The Morgan fingerprint density at radius 3 is 2.35 bits per heavy atom. The second kappa shape index (κ2) is 7.17. The molecular weight excluding hydrogens is 336 g/mol. The fourth-order valence-electron chi connectivity index (χ4n) is 1.60. The third-order valence-corrected chi connectivity index (χ3v) is 3.40. The number of nitrogens with one attached hydrogen (secondary N) is 2. The standard InChI is InChI=1S/C15H13BrN2OS/c16-13-8-6-12(7-9-13)14(19)18-15(20)17-10-11-4-2-1-3-5-11/h1-9H,10H2,(H2,17,18,19,20). The fourth-order valence-corrected chi connectivity index (χ4v) is 2.03. The summed E-state index contributed by atoms with van der Waals surface area (Å²) in [5.41, 5.74) is 1.67. The van der Waals surface area contributed by atoms with Gasteiger partial charge in [0.25, 0.3) is 5.91 Å². The summed E-state index contributed by atoms with van der Waals surface area (Å²) in [6.07, 6.45) is 0. The molecule has 0 radical (unpaired) electrons. The molecule has 20 heavy (non-hydrogen) atoms. The predicted octanol–water partition coefficient (Wildman–Crippen LogP) is 3.25. The number of halogens is 1. The number of carbonyl (C=O) groups is 1. The first-order valence-corrected chi connectivity index (χ1v) is 7.24. The van der Waals surface area contributed by atoms with Gasteiger partial charge in [-0.2, -0.15) is 0 Å². The minimum Gasteiger partial charge on any atom is -0.358 e. The van der Waals surface area contributed by atoms with Crippen molar-refractivity contribution in [1.82, 2.24) is 10.6 Å². The van der Waals surface area contributed by atoms with E-state index < -0.39 is 0 Å². The van der Waals surface area contributed by atoms with Crippen molar-refractivity contribution in [2.24, 2.45) is 0 Å². The molecule has 0 atom stereocenters. The zero-order valence-corrected chi connectivity index (χ0v) is 13.0. The monoisotopic (exact) mass is 348 g/mol. The van der Waals surface area contributed by atoms with E-state index in [4.69, 9.17) is 12.2 Å². The molecule has 0 saturated heterocycles. The quantitative estimate of drug-likeness (QED) is 0.836. The van der Waals surface area contributed by atoms with Crippen molar-refractivity contribution in [3.05, 3.63) is 70.2 Å². The highest BCUT2D eigenvalue weighted by atomic mass is 79.9. The second-order valence-electron chi connectivity index (χ2n) is 4.13. The largest absolute Gasteiger partial charge is 0.358 e. The summed E-state index contributed by atoms with van der Waals surface area (Å²) in [4.78, 5) is 11.9. The summed E-state index contributed by atoms with van der Waals surface area (Å²) in [6.45, 7) is 0.584. The van der Waals surface area contributed by atoms with Gasteiger partial charge in [-0.05, 0) is 42.0 Å². The summed E-state index contributed by atoms with van der Waals surface area (Å²) in [6, 6.07) is 17.0. The fraction of sp³-hybridized carbons (Fsp3) is 0.0667. The lowest BCUT2D eigenvalue weighted by Crippen LogP contribution is -2.38. The van der Waals surface area contributed by atoms with Crippen LogP contribution in [0.15, 0.2) is 59.1 Å². The Morgan fingerprint density at radius 1 is 1.05 bits per heavy atom. The van der Waals surface area contributed by atoms with Gasteiger partial charge in [-0.15, -0.1) is 0 Å². The Bertz CT molecular complexity index is 599. The van der Waals surface area contributed by atoms with Crippen LogP contribution in [-0.4, -0.2) is 11.0 Å². The molecule has 0 heterocycles. The minimum absolute atomic E-state index is 0.219. The van der Waals surface area contributed by atoms with Gasteiger partial charge in [-0.1, -0.05) is 46.3 Å². The van der Waals surface area contributed by atoms with Gasteiger partial charge in [-0.3, -0.25) is 10.1 Å². The highest BCUT2D eigenvalue weighted by molar-refractivity contribution is 9.10. The molecule has 0 aliphatic rings. The van der Waals surface area contributed by atoms with Crippen molar-refractivity contribution >= 4 is 39.2 Å². The Hall–Kier alpha value is -1.72. The normalized spacial score (nSPS) is 9.85. The van der Waals surface area contributed by atoms with Crippen molar-refractivity contribution in [3.8, 4) is 0 Å². The van der Waals surface area contributed by atoms with Gasteiger partial charge < -0.3 is 5.32 Å². The number of benzene rings is 2. The van der Waals surface area contributed by atoms with E-state index in [1.54, 1.807) is 12.1 Å². The number of hydrogen-bond acceptors (Lipinski definition) is 2. The maximum atomic E-state index is 11.9. The molecule has 2 aromatic rings. The first-order valence-electron chi connectivity index (χ1n) is 6.04. The van der Waals surface area contributed by atoms with E-state index in [1.165, 1.54) is 0 Å². The molecule has 1 amide bonds. The van der Waals surface area contributed by atoms with E-state index in [2.05, 4.69) is 26.6 Å². The van der Waals surface area contributed by atoms with Crippen LogP contribution in [0.25, 0.3) is 0 Å². The average molecular weight is 349 g/mol. The van der Waals surface area contributed by atoms with E-state index >= 15 is 0 Å². The van der Waals surface area contributed by atoms with Crippen LogP contribution in [0.2, 0.25) is 0 Å². The van der Waals surface area contributed by atoms with Crippen molar-refractivity contribution in [2.75, 3.05) is 0 Å². The lowest BCUT2D eigenvalue weighted by molar-refractivity contribution is 0.0976. The molecule has 0 unspecified atom stereocenters. The number of rotatable bonds is 3. The number of thiocarbonyl (C=S) groups is 1. The van der Waals surface area contributed by atoms with Crippen LogP contribution in [0.5, 0.6) is 0 Å². The topological polar surface area (TPSA) is 41.1 Å². The zero-order chi connectivity index (χ0) is 14.4. The Morgan fingerprint density at radius 2 is 1.70 bits per heavy atom. The summed E-state index contributed by atoms with van der Waals surface area (Å²) >= 11 is 8.43. The first kappa shape index (κ1) is 14.7. The van der Waals surface area contributed by atoms with Crippen molar-refractivity contribution < 1.29 is 4.79 Å². The number of hydrogen-bond donors (Lipinski definition) is 2. The molecule has 2 N–H and O–H groups in total. The minimum atomic E-state index is -0.219. The van der Waals surface area contributed by atoms with Crippen molar-refractivity contribution in [2.45, 2.75) is 6.54 Å². The van der Waals surface area contributed by atoms with Gasteiger partial charge in [0.15, 0.2) is 5.11 Å². The van der Waals surface area contributed by atoms with Gasteiger partial charge >= 0.3 is 0 Å². The predicted molar refractivity (Wildman–Crippen MR) is 87.5 cm³/mol. The van der Waals surface area contributed by atoms with Gasteiger partial charge in [0.05, 0.1) is 0 Å². The van der Waals surface area contributed by atoms with Gasteiger partial charge in [0.1, 0.15) is 0 Å². The van der Waals surface area contributed by atoms with Crippen molar-refractivity contribution in [1.29, 1.82) is 0 Å². The van der Waals surface area contributed by atoms with E-state index in [9.17, 15) is 4.79 Å². The second-order valence-corrected chi connectivity index (χ2v) is 5.45. The number of amides is 1. The zero-order valence-electron chi connectivity index (χ0n) is 10.6. The molecule has 3 nitrogen and oxygen atoms in total. The lowest BCUT2D eigenvalue weighted by Gasteiger charge is -2.09. The van der Waals surface area contributed by atoms with Gasteiger partial charge in [0.2, 0.25) is 0 Å². The molecule has 0 fully saturated rings. The third kappa shape index (κ3) is 4.43. The molecule has 0 aliphatic carbocycles. The van der Waals surface area contributed by atoms with Crippen LogP contribution >= 0.6 is 28.1 Å². The smallest absolute Gasteiger partial charge is 0.257 e. The molecule has 102 valence electrons. The molecule has 0 aliphatic heterocycles. The molecule has 0 aromatic heterocycles. The van der Waals surface area contributed by atoms with E-state index in [-0.39, 0.29) is 5.91 Å². The van der Waals surface area contributed by atoms with Crippen LogP contribution in [0, 0.1) is 0 Å². The molecule has 2 rings (SSSR count). The molecular formula is C15H13BrN2OS. The van der Waals surface area contributed by atoms with Gasteiger partial charge in [0, 0.05) is 16.6 Å². The average Bonchev–Trinajstić information content (AvgIpc) is 2.47. The summed E-state index contributed by atoms with van der Waals surface area (Å²) < 4.78 is 0.929. The molecule has 2 aromatic carbocycles. The van der Waals surface area contributed by atoms with Crippen LogP contribution in [0.1, 0.15) is 15.9 Å². The van der Waals surface area contributed by atoms with Crippen LogP contribution in [0.3, 0.4) is 0 Å². The van der Waals surface area contributed by atoms with Crippen LogP contribution in [-0.2, 0) is 6.54 Å². The third-order valence-electron chi connectivity index (χ3n) is 2.63. The van der Waals surface area contributed by atoms with Crippen molar-refractivity contribution in [3.63, 3.8) is 0 Å². The highest BCUT2D eigenvalue weighted by Crippen LogP contribution is 2.10. The Kier molecular flexibility index (Phi) is 5.26. The van der Waals surface area contributed by atoms with E-state index in [0.717, 1.165) is 10.0 Å². The molecule has 0 spiro atoms. The first-order chi connectivity index (χ1) is 9.65. The highest BCUT2D eigenvalue weighted by Gasteiger charge is 2.07. The molecule has 0 saturated carbocycles. The summed E-state index contributed by atoms with van der Waals surface area (Å²) in [5.74, 6) is -0.219. The summed E-state index contributed by atoms with van der Waals surface area (Å²) in [7, 11) is 0. The number of carbonyl (C=O) groups excluding carboxylic acids is 1. The SMILES string of the molecule is O=C(NC(=S)NCc1ccccc1)c1ccc(Br)cc1. The van der Waals surface area contributed by atoms with E-state index in [1.807, 2.05) is 42.5 Å². The van der Waals surface area contributed by atoms with Crippen LogP contribution < -0.4 is 10.6 Å². The summed E-state index contributed by atoms with van der Waals surface area (Å²) in [5, 5.41) is 5.97. The maximum Gasteiger partial charge on any atom is 0.257 e. The Labute approximate surface area is 131 Å². The van der Waals surface area contributed by atoms with E-state index in [0.29, 0.717) is 17.2 Å². The lowest BCUT2D eigenvalue weighted by atomic mass is 10.2. The Balaban J connectivity index is 1.85. The molecule has 5 heteroatoms. The van der Waals surface area contributed by atoms with Gasteiger partial charge in [-0.25, -0.2) is 0 Å². The maximum absolute atomic E-state index is 11.9. The molecule has 0 bridgehead atoms.